The summed E-state index contributed by atoms with van der Waals surface area (Å²) in [6, 6.07) is 13.4. The standard InChI is InChI=1S/C25H21ClN2O4S/c1-2-32-18-12-6-15(7-13-18)20(29)14-27-24-22(19-4-3-5-21(19)33-24)23(30)28(25(27)31)17-10-8-16(26)9-11-17/h6-13H,2-5,14H2,1H3. The number of ether oxygens (including phenoxy) is 1. The zero-order valence-corrected chi connectivity index (χ0v) is 19.5. The van der Waals surface area contributed by atoms with Crippen molar-refractivity contribution in [2.45, 2.75) is 32.7 Å². The SMILES string of the molecule is CCOc1ccc(C(=O)Cn2c(=O)n(-c3ccc(Cl)cc3)c(=O)c3c4c(sc32)CCC4)cc1. The van der Waals surface area contributed by atoms with E-state index in [4.69, 9.17) is 16.3 Å². The molecule has 0 saturated heterocycles. The number of rotatable bonds is 6. The lowest BCUT2D eigenvalue weighted by Crippen LogP contribution is -2.39. The molecule has 0 N–H and O–H groups in total. The maximum absolute atomic E-state index is 13.5. The van der Waals surface area contributed by atoms with Gasteiger partial charge in [-0.15, -0.1) is 11.3 Å². The van der Waals surface area contributed by atoms with Crippen molar-refractivity contribution in [3.05, 3.63) is 90.4 Å². The van der Waals surface area contributed by atoms with Gasteiger partial charge in [-0.2, -0.15) is 0 Å². The summed E-state index contributed by atoms with van der Waals surface area (Å²) in [5.74, 6) is 0.468. The van der Waals surface area contributed by atoms with Gasteiger partial charge in [0.05, 0.1) is 24.2 Å². The summed E-state index contributed by atoms with van der Waals surface area (Å²) in [4.78, 5) is 41.9. The van der Waals surface area contributed by atoms with Crippen molar-refractivity contribution < 1.29 is 9.53 Å². The molecule has 0 unspecified atom stereocenters. The van der Waals surface area contributed by atoms with Crippen LogP contribution in [0.5, 0.6) is 5.75 Å². The molecule has 0 bridgehead atoms. The van der Waals surface area contributed by atoms with Crippen LogP contribution in [0, 0.1) is 0 Å². The zero-order valence-electron chi connectivity index (χ0n) is 18.0. The first-order valence-corrected chi connectivity index (χ1v) is 12.0. The minimum absolute atomic E-state index is 0.156. The molecule has 33 heavy (non-hydrogen) atoms. The van der Waals surface area contributed by atoms with Gasteiger partial charge >= 0.3 is 5.69 Å². The number of ketones is 1. The van der Waals surface area contributed by atoms with Gasteiger partial charge in [0.2, 0.25) is 0 Å². The Morgan fingerprint density at radius 2 is 1.79 bits per heavy atom. The minimum Gasteiger partial charge on any atom is -0.494 e. The summed E-state index contributed by atoms with van der Waals surface area (Å²) < 4.78 is 8.03. The van der Waals surface area contributed by atoms with Crippen LogP contribution >= 0.6 is 22.9 Å². The molecule has 0 saturated carbocycles. The van der Waals surface area contributed by atoms with E-state index in [-0.39, 0.29) is 17.9 Å². The molecule has 0 radical (unpaired) electrons. The first-order chi connectivity index (χ1) is 16.0. The van der Waals surface area contributed by atoms with Gasteiger partial charge in [0.25, 0.3) is 5.56 Å². The van der Waals surface area contributed by atoms with E-state index in [9.17, 15) is 14.4 Å². The zero-order chi connectivity index (χ0) is 23.1. The Kier molecular flexibility index (Phi) is 5.68. The third kappa shape index (κ3) is 3.81. The van der Waals surface area contributed by atoms with Crippen LogP contribution in [0.25, 0.3) is 15.9 Å². The lowest BCUT2D eigenvalue weighted by Gasteiger charge is -2.13. The van der Waals surface area contributed by atoms with Crippen molar-refractivity contribution in [3.8, 4) is 11.4 Å². The summed E-state index contributed by atoms with van der Waals surface area (Å²) in [5, 5.41) is 1.05. The lowest BCUT2D eigenvalue weighted by atomic mass is 10.1. The third-order valence-corrected chi connectivity index (χ3v) is 7.43. The lowest BCUT2D eigenvalue weighted by molar-refractivity contribution is 0.0971. The average Bonchev–Trinajstić information content (AvgIpc) is 3.40. The Hall–Kier alpha value is -3.16. The quantitative estimate of drug-likeness (QED) is 0.377. The highest BCUT2D eigenvalue weighted by atomic mass is 35.5. The van der Waals surface area contributed by atoms with E-state index in [1.165, 1.54) is 15.9 Å². The summed E-state index contributed by atoms with van der Waals surface area (Å²) in [5.41, 5.74) is 1.03. The number of hydrogen-bond acceptors (Lipinski definition) is 5. The molecular formula is C25H21ClN2O4S. The van der Waals surface area contributed by atoms with Crippen LogP contribution in [0.1, 0.15) is 34.1 Å². The van der Waals surface area contributed by atoms with E-state index in [2.05, 4.69) is 0 Å². The van der Waals surface area contributed by atoms with Crippen molar-refractivity contribution in [2.24, 2.45) is 0 Å². The van der Waals surface area contributed by atoms with Gasteiger partial charge in [0.15, 0.2) is 5.78 Å². The molecule has 2 aromatic heterocycles. The molecule has 6 nitrogen and oxygen atoms in total. The van der Waals surface area contributed by atoms with Crippen LogP contribution < -0.4 is 16.0 Å². The number of halogens is 1. The van der Waals surface area contributed by atoms with E-state index in [0.29, 0.717) is 38.8 Å². The molecule has 168 valence electrons. The Morgan fingerprint density at radius 1 is 1.06 bits per heavy atom. The minimum atomic E-state index is -0.533. The second-order valence-corrected chi connectivity index (χ2v) is 9.42. The van der Waals surface area contributed by atoms with E-state index in [1.54, 1.807) is 48.5 Å². The van der Waals surface area contributed by atoms with Crippen LogP contribution in [0.3, 0.4) is 0 Å². The van der Waals surface area contributed by atoms with Crippen LogP contribution in [0.15, 0.2) is 58.1 Å². The number of nitrogens with zero attached hydrogens (tertiary/aromatic N) is 2. The largest absolute Gasteiger partial charge is 0.494 e. The molecule has 0 amide bonds. The van der Waals surface area contributed by atoms with Crippen LogP contribution in [0.2, 0.25) is 5.02 Å². The Labute approximate surface area is 198 Å². The molecule has 2 heterocycles. The van der Waals surface area contributed by atoms with Gasteiger partial charge in [0.1, 0.15) is 10.6 Å². The van der Waals surface area contributed by atoms with E-state index < -0.39 is 5.69 Å². The van der Waals surface area contributed by atoms with Gasteiger partial charge in [-0.3, -0.25) is 14.2 Å². The smallest absolute Gasteiger partial charge is 0.337 e. The highest BCUT2D eigenvalue weighted by Crippen LogP contribution is 2.35. The van der Waals surface area contributed by atoms with Crippen LogP contribution in [-0.2, 0) is 19.4 Å². The normalized spacial score (nSPS) is 12.8. The van der Waals surface area contributed by atoms with Gasteiger partial charge in [-0.05, 0) is 80.3 Å². The maximum Gasteiger partial charge on any atom is 0.337 e. The van der Waals surface area contributed by atoms with Gasteiger partial charge in [0, 0.05) is 15.5 Å². The third-order valence-electron chi connectivity index (χ3n) is 5.86. The van der Waals surface area contributed by atoms with Crippen molar-refractivity contribution >= 4 is 38.9 Å². The van der Waals surface area contributed by atoms with Crippen molar-refractivity contribution in [3.63, 3.8) is 0 Å². The number of thiophene rings is 1. The number of hydrogen-bond donors (Lipinski definition) is 0. The Bertz CT molecular complexity index is 1480. The van der Waals surface area contributed by atoms with Crippen molar-refractivity contribution in [1.29, 1.82) is 0 Å². The fourth-order valence-electron chi connectivity index (χ4n) is 4.30. The second kappa shape index (κ2) is 8.65. The number of aromatic nitrogens is 2. The number of fused-ring (bicyclic) bond motifs is 3. The molecule has 1 aliphatic rings. The fraction of sp³-hybridized carbons (Fsp3) is 0.240. The van der Waals surface area contributed by atoms with Gasteiger partial charge < -0.3 is 4.74 Å². The van der Waals surface area contributed by atoms with E-state index in [1.807, 2.05) is 6.92 Å². The maximum atomic E-state index is 13.5. The van der Waals surface area contributed by atoms with Gasteiger partial charge in [-0.25, -0.2) is 9.36 Å². The second-order valence-electron chi connectivity index (χ2n) is 7.90. The number of benzene rings is 2. The molecule has 4 aromatic rings. The Balaban J connectivity index is 1.66. The highest BCUT2D eigenvalue weighted by molar-refractivity contribution is 7.19. The van der Waals surface area contributed by atoms with E-state index >= 15 is 0 Å². The molecule has 0 spiro atoms. The highest BCUT2D eigenvalue weighted by Gasteiger charge is 2.26. The molecule has 0 aliphatic heterocycles. The van der Waals surface area contributed by atoms with Crippen molar-refractivity contribution in [1.82, 2.24) is 9.13 Å². The van der Waals surface area contributed by atoms with Gasteiger partial charge in [-0.1, -0.05) is 11.6 Å². The summed E-state index contributed by atoms with van der Waals surface area (Å²) in [6.45, 7) is 2.28. The molecule has 0 atom stereocenters. The molecule has 8 heteroatoms. The fourth-order valence-corrected chi connectivity index (χ4v) is 5.80. The molecule has 1 aliphatic carbocycles. The monoisotopic (exact) mass is 480 g/mol. The molecule has 5 rings (SSSR count). The van der Waals surface area contributed by atoms with Crippen LogP contribution in [-0.4, -0.2) is 21.5 Å². The topological polar surface area (TPSA) is 70.3 Å². The molecular weight excluding hydrogens is 460 g/mol. The number of carbonyl (C=O) groups is 1. The Morgan fingerprint density at radius 3 is 2.48 bits per heavy atom. The first-order valence-electron chi connectivity index (χ1n) is 10.8. The number of aryl methyl sites for hydroxylation is 2. The predicted octanol–water partition coefficient (Wildman–Crippen LogP) is 4.64. The van der Waals surface area contributed by atoms with Crippen LogP contribution in [0.4, 0.5) is 0 Å². The summed E-state index contributed by atoms with van der Waals surface area (Å²) in [7, 11) is 0. The summed E-state index contributed by atoms with van der Waals surface area (Å²) in [6.07, 6.45) is 2.67. The first kappa shape index (κ1) is 21.7. The molecule has 0 fully saturated rings. The summed E-state index contributed by atoms with van der Waals surface area (Å²) >= 11 is 7.46. The molecule has 2 aromatic carbocycles. The average molecular weight is 481 g/mol. The number of Topliss-reactive ketones (excluding diaryl/α,β-unsaturated/α-hetero) is 1. The number of carbonyl (C=O) groups excluding carboxylic acids is 1. The predicted molar refractivity (Wildman–Crippen MR) is 131 cm³/mol. The van der Waals surface area contributed by atoms with Crippen molar-refractivity contribution in [2.75, 3.05) is 6.61 Å². The van der Waals surface area contributed by atoms with E-state index in [0.717, 1.165) is 34.3 Å².